The van der Waals surface area contributed by atoms with E-state index in [0.29, 0.717) is 25.1 Å². The van der Waals surface area contributed by atoms with Crippen LogP contribution in [0.25, 0.3) is 0 Å². The minimum atomic E-state index is -3.59. The quantitative estimate of drug-likeness (QED) is 0.849. The van der Waals surface area contributed by atoms with Gasteiger partial charge in [0.2, 0.25) is 10.0 Å². The average molecular weight is 347 g/mol. The smallest absolute Gasteiger partial charge is 0.243 e. The van der Waals surface area contributed by atoms with Crippen molar-refractivity contribution in [3.05, 3.63) is 29.8 Å². The summed E-state index contributed by atoms with van der Waals surface area (Å²) in [6, 6.07) is 6.19. The van der Waals surface area contributed by atoms with E-state index in [4.69, 9.17) is 5.73 Å². The summed E-state index contributed by atoms with van der Waals surface area (Å²) in [7, 11) is -3.59. The number of carbonyl (C=O) groups is 1. The molecule has 1 aromatic carbocycles. The van der Waals surface area contributed by atoms with E-state index in [1.54, 1.807) is 12.1 Å². The van der Waals surface area contributed by atoms with Crippen LogP contribution in [0.3, 0.4) is 0 Å². The van der Waals surface area contributed by atoms with Crippen LogP contribution in [0, 0.1) is 5.41 Å². The van der Waals surface area contributed by atoms with E-state index in [-0.39, 0.29) is 34.5 Å². The Kier molecular flexibility index (Phi) is 5.78. The van der Waals surface area contributed by atoms with Gasteiger partial charge in [0.15, 0.2) is 5.78 Å². The predicted octanol–water partition coefficient (Wildman–Crippen LogP) is 2.06. The minimum absolute atomic E-state index is 0. The number of Topliss-reactive ketones (excluding diaryl/α,β-unsaturated/α-hetero) is 1. The first-order chi connectivity index (χ1) is 9.64. The van der Waals surface area contributed by atoms with E-state index in [0.717, 1.165) is 0 Å². The van der Waals surface area contributed by atoms with Gasteiger partial charge in [0.25, 0.3) is 0 Å². The number of hydrogen-bond donors (Lipinski definition) is 1. The van der Waals surface area contributed by atoms with Gasteiger partial charge in [-0.25, -0.2) is 8.42 Å². The molecule has 1 fully saturated rings. The number of nitrogens with two attached hydrogens (primary N) is 1. The molecule has 0 bridgehead atoms. The second-order valence-electron chi connectivity index (χ2n) is 6.31. The van der Waals surface area contributed by atoms with Crippen LogP contribution in [0.15, 0.2) is 29.2 Å². The Morgan fingerprint density at radius 1 is 1.36 bits per heavy atom. The van der Waals surface area contributed by atoms with E-state index < -0.39 is 10.0 Å². The highest BCUT2D eigenvalue weighted by Gasteiger charge is 2.38. The fraction of sp³-hybridized carbons (Fsp3) is 0.533. The van der Waals surface area contributed by atoms with Crippen molar-refractivity contribution in [3.63, 3.8) is 0 Å². The standard InChI is InChI=1S/C15H22N2O3S.ClH/c1-11(18)12-5-4-6-13(9-12)21(19,20)17-8-7-14(16)15(2,3)10-17;/h4-6,9,14H,7-8,10,16H2,1-3H3;1H. The monoisotopic (exact) mass is 346 g/mol. The third kappa shape index (κ3) is 3.68. The summed E-state index contributed by atoms with van der Waals surface area (Å²) < 4.78 is 26.9. The van der Waals surface area contributed by atoms with Crippen LogP contribution in [0.4, 0.5) is 0 Å². The first-order valence-corrected chi connectivity index (χ1v) is 8.45. The number of hydrogen-bond acceptors (Lipinski definition) is 4. The topological polar surface area (TPSA) is 80.5 Å². The van der Waals surface area contributed by atoms with Crippen LogP contribution in [-0.4, -0.2) is 37.6 Å². The summed E-state index contributed by atoms with van der Waals surface area (Å²) in [6.07, 6.45) is 0.638. The molecule has 1 saturated heterocycles. The highest BCUT2D eigenvalue weighted by Crippen LogP contribution is 2.31. The van der Waals surface area contributed by atoms with Crippen LogP contribution < -0.4 is 5.73 Å². The molecule has 0 amide bonds. The first kappa shape index (κ1) is 19.1. The molecule has 22 heavy (non-hydrogen) atoms. The minimum Gasteiger partial charge on any atom is -0.327 e. The number of piperidine rings is 1. The molecule has 7 heteroatoms. The van der Waals surface area contributed by atoms with Gasteiger partial charge in [-0.1, -0.05) is 26.0 Å². The lowest BCUT2D eigenvalue weighted by atomic mass is 9.81. The van der Waals surface area contributed by atoms with Crippen molar-refractivity contribution in [2.24, 2.45) is 11.1 Å². The van der Waals surface area contributed by atoms with Crippen molar-refractivity contribution in [2.45, 2.75) is 38.1 Å². The molecule has 2 N–H and O–H groups in total. The highest BCUT2D eigenvalue weighted by molar-refractivity contribution is 7.89. The number of ketones is 1. The summed E-state index contributed by atoms with van der Waals surface area (Å²) in [4.78, 5) is 11.6. The Hall–Kier alpha value is -0.950. The largest absolute Gasteiger partial charge is 0.327 e. The fourth-order valence-corrected chi connectivity index (χ4v) is 4.23. The second kappa shape index (κ2) is 6.66. The van der Waals surface area contributed by atoms with Crippen LogP contribution >= 0.6 is 12.4 Å². The number of nitrogens with zero attached hydrogens (tertiary/aromatic N) is 1. The molecule has 5 nitrogen and oxygen atoms in total. The number of halogens is 1. The molecule has 1 aliphatic heterocycles. The van der Waals surface area contributed by atoms with Crippen molar-refractivity contribution < 1.29 is 13.2 Å². The van der Waals surface area contributed by atoms with E-state index in [2.05, 4.69) is 0 Å². The van der Waals surface area contributed by atoms with Crippen molar-refractivity contribution in [1.29, 1.82) is 0 Å². The van der Waals surface area contributed by atoms with Crippen LogP contribution in [0.1, 0.15) is 37.6 Å². The molecule has 0 aromatic heterocycles. The molecule has 1 atom stereocenters. The maximum Gasteiger partial charge on any atom is 0.243 e. The molecule has 1 heterocycles. The number of benzene rings is 1. The molecule has 2 rings (SSSR count). The lowest BCUT2D eigenvalue weighted by Gasteiger charge is -2.41. The van der Waals surface area contributed by atoms with Gasteiger partial charge >= 0.3 is 0 Å². The van der Waals surface area contributed by atoms with Gasteiger partial charge in [0, 0.05) is 24.7 Å². The van der Waals surface area contributed by atoms with Crippen LogP contribution in [0.5, 0.6) is 0 Å². The molecule has 1 aromatic rings. The average Bonchev–Trinajstić information content (AvgIpc) is 2.41. The fourth-order valence-electron chi connectivity index (χ4n) is 2.55. The highest BCUT2D eigenvalue weighted by atomic mass is 35.5. The molecular formula is C15H23ClN2O3S. The normalized spacial score (nSPS) is 21.9. The number of sulfonamides is 1. The van der Waals surface area contributed by atoms with Crippen LogP contribution in [-0.2, 0) is 10.0 Å². The Bertz CT molecular complexity index is 659. The molecule has 0 radical (unpaired) electrons. The third-order valence-electron chi connectivity index (χ3n) is 4.16. The van der Waals surface area contributed by atoms with Gasteiger partial charge < -0.3 is 5.73 Å². The summed E-state index contributed by atoms with van der Waals surface area (Å²) in [5, 5.41) is 0. The third-order valence-corrected chi connectivity index (χ3v) is 6.00. The summed E-state index contributed by atoms with van der Waals surface area (Å²) in [5.74, 6) is -0.145. The van der Waals surface area contributed by atoms with Gasteiger partial charge in [0.1, 0.15) is 0 Å². The molecular weight excluding hydrogens is 324 g/mol. The van der Waals surface area contributed by atoms with Crippen molar-refractivity contribution in [1.82, 2.24) is 4.31 Å². The van der Waals surface area contributed by atoms with Crippen molar-refractivity contribution in [3.8, 4) is 0 Å². The molecule has 0 spiro atoms. The maximum absolute atomic E-state index is 12.7. The molecule has 0 aliphatic carbocycles. The SMILES string of the molecule is CC(=O)c1cccc(S(=O)(=O)N2CCC(N)C(C)(C)C2)c1.Cl. The van der Waals surface area contributed by atoms with Gasteiger partial charge in [-0.2, -0.15) is 4.31 Å². The summed E-state index contributed by atoms with van der Waals surface area (Å²) in [5.41, 5.74) is 6.20. The van der Waals surface area contributed by atoms with Gasteiger partial charge in [-0.3, -0.25) is 4.79 Å². The lowest BCUT2D eigenvalue weighted by molar-refractivity contribution is 0.101. The Morgan fingerprint density at radius 3 is 2.55 bits per heavy atom. The summed E-state index contributed by atoms with van der Waals surface area (Å²) in [6.45, 7) is 6.18. The van der Waals surface area contributed by atoms with Crippen molar-refractivity contribution >= 4 is 28.2 Å². The Morgan fingerprint density at radius 2 is 2.00 bits per heavy atom. The van der Waals surface area contributed by atoms with E-state index >= 15 is 0 Å². The number of rotatable bonds is 3. The van der Waals surface area contributed by atoms with E-state index in [1.807, 2.05) is 13.8 Å². The Balaban J connectivity index is 0.00000242. The maximum atomic E-state index is 12.7. The molecule has 1 unspecified atom stereocenters. The molecule has 0 saturated carbocycles. The van der Waals surface area contributed by atoms with Gasteiger partial charge in [-0.15, -0.1) is 12.4 Å². The Labute approximate surface area is 138 Å². The van der Waals surface area contributed by atoms with E-state index in [9.17, 15) is 13.2 Å². The first-order valence-electron chi connectivity index (χ1n) is 7.01. The molecule has 124 valence electrons. The van der Waals surface area contributed by atoms with E-state index in [1.165, 1.54) is 23.4 Å². The second-order valence-corrected chi connectivity index (χ2v) is 8.24. The zero-order chi connectivity index (χ0) is 15.8. The van der Waals surface area contributed by atoms with Gasteiger partial charge in [0.05, 0.1) is 4.90 Å². The lowest BCUT2D eigenvalue weighted by Crippen LogP contribution is -2.53. The zero-order valence-electron chi connectivity index (χ0n) is 13.1. The summed E-state index contributed by atoms with van der Waals surface area (Å²) >= 11 is 0. The molecule has 1 aliphatic rings. The van der Waals surface area contributed by atoms with Crippen LogP contribution in [0.2, 0.25) is 0 Å². The zero-order valence-corrected chi connectivity index (χ0v) is 14.7. The van der Waals surface area contributed by atoms with Crippen molar-refractivity contribution in [2.75, 3.05) is 13.1 Å². The number of carbonyl (C=O) groups excluding carboxylic acids is 1. The predicted molar refractivity (Wildman–Crippen MR) is 88.8 cm³/mol. The van der Waals surface area contributed by atoms with Gasteiger partial charge in [-0.05, 0) is 30.9 Å².